The Bertz CT molecular complexity index is 1000. The summed E-state index contributed by atoms with van der Waals surface area (Å²) in [6.45, 7) is 2.43. The molecule has 0 aromatic heterocycles. The maximum atomic E-state index is 12.0. The smallest absolute Gasteiger partial charge is 0.335 e. The number of nitrogens with one attached hydrogen (secondary N) is 2. The van der Waals surface area contributed by atoms with E-state index in [0.29, 0.717) is 12.3 Å². The van der Waals surface area contributed by atoms with Crippen LogP contribution in [0.1, 0.15) is 21.5 Å². The Morgan fingerprint density at radius 1 is 0.931 bits per heavy atom. The number of amides is 1. The molecule has 29 heavy (non-hydrogen) atoms. The highest BCUT2D eigenvalue weighted by Crippen LogP contribution is 2.16. The van der Waals surface area contributed by atoms with E-state index in [4.69, 9.17) is 9.84 Å². The molecular formula is C23H22N2O4. The number of hydrogen-bond donors (Lipinski definition) is 3. The number of anilines is 2. The molecule has 0 heterocycles. The van der Waals surface area contributed by atoms with Crippen molar-refractivity contribution >= 4 is 23.3 Å². The van der Waals surface area contributed by atoms with Crippen molar-refractivity contribution < 1.29 is 19.4 Å². The normalized spacial score (nSPS) is 10.2. The Morgan fingerprint density at radius 2 is 1.66 bits per heavy atom. The highest BCUT2D eigenvalue weighted by molar-refractivity contribution is 5.92. The molecule has 3 aromatic carbocycles. The predicted octanol–water partition coefficient (Wildman–Crippen LogP) is 4.32. The fourth-order valence-electron chi connectivity index (χ4n) is 2.74. The zero-order valence-electron chi connectivity index (χ0n) is 16.0. The number of carboxylic acids is 1. The van der Waals surface area contributed by atoms with Gasteiger partial charge in [0.1, 0.15) is 5.75 Å². The lowest BCUT2D eigenvalue weighted by molar-refractivity contribution is -0.118. The lowest BCUT2D eigenvalue weighted by atomic mass is 10.2. The molecule has 0 saturated carbocycles. The van der Waals surface area contributed by atoms with E-state index in [2.05, 4.69) is 10.6 Å². The van der Waals surface area contributed by atoms with Gasteiger partial charge in [-0.1, -0.05) is 30.3 Å². The summed E-state index contributed by atoms with van der Waals surface area (Å²) in [5.41, 5.74) is 3.79. The molecule has 0 radical (unpaired) electrons. The van der Waals surface area contributed by atoms with E-state index in [1.54, 1.807) is 30.3 Å². The Balaban J connectivity index is 1.48. The molecule has 0 spiro atoms. The maximum Gasteiger partial charge on any atom is 0.335 e. The molecule has 6 heteroatoms. The number of aromatic carboxylic acids is 1. The van der Waals surface area contributed by atoms with Crippen LogP contribution in [0.3, 0.4) is 0 Å². The highest BCUT2D eigenvalue weighted by atomic mass is 16.5. The first kappa shape index (κ1) is 19.9. The molecule has 3 rings (SSSR count). The van der Waals surface area contributed by atoms with Crippen LogP contribution in [0.2, 0.25) is 0 Å². The number of aryl methyl sites for hydroxylation is 1. The van der Waals surface area contributed by atoms with Crippen LogP contribution < -0.4 is 15.4 Å². The largest absolute Gasteiger partial charge is 0.484 e. The Morgan fingerprint density at radius 3 is 2.38 bits per heavy atom. The minimum absolute atomic E-state index is 0.0759. The van der Waals surface area contributed by atoms with Crippen molar-refractivity contribution in [1.29, 1.82) is 0 Å². The van der Waals surface area contributed by atoms with Gasteiger partial charge < -0.3 is 20.5 Å². The molecule has 0 saturated heterocycles. The number of rotatable bonds is 8. The zero-order valence-corrected chi connectivity index (χ0v) is 16.0. The van der Waals surface area contributed by atoms with Crippen LogP contribution in [0.5, 0.6) is 5.75 Å². The fourth-order valence-corrected chi connectivity index (χ4v) is 2.74. The molecule has 0 aliphatic rings. The molecular weight excluding hydrogens is 368 g/mol. The number of hydrogen-bond acceptors (Lipinski definition) is 4. The van der Waals surface area contributed by atoms with Crippen molar-refractivity contribution in [2.75, 3.05) is 17.2 Å². The van der Waals surface area contributed by atoms with Gasteiger partial charge in [0.2, 0.25) is 0 Å². The van der Waals surface area contributed by atoms with E-state index in [1.165, 1.54) is 0 Å². The summed E-state index contributed by atoms with van der Waals surface area (Å²) in [7, 11) is 0. The van der Waals surface area contributed by atoms with Gasteiger partial charge in [0.15, 0.2) is 6.61 Å². The van der Waals surface area contributed by atoms with Crippen LogP contribution >= 0.6 is 0 Å². The monoisotopic (exact) mass is 390 g/mol. The molecule has 3 N–H and O–H groups in total. The van der Waals surface area contributed by atoms with Gasteiger partial charge in [-0.3, -0.25) is 4.79 Å². The van der Waals surface area contributed by atoms with Gasteiger partial charge in [-0.25, -0.2) is 4.79 Å². The molecule has 0 aliphatic carbocycles. The van der Waals surface area contributed by atoms with E-state index >= 15 is 0 Å². The Hall–Kier alpha value is -3.80. The summed E-state index contributed by atoms with van der Waals surface area (Å²) in [6.07, 6.45) is 0. The maximum absolute atomic E-state index is 12.0. The van der Waals surface area contributed by atoms with Gasteiger partial charge in [0.25, 0.3) is 5.91 Å². The molecule has 0 aliphatic heterocycles. The van der Waals surface area contributed by atoms with E-state index in [-0.39, 0.29) is 18.1 Å². The Kier molecular flexibility index (Phi) is 6.47. The van der Waals surface area contributed by atoms with Crippen molar-refractivity contribution in [2.45, 2.75) is 13.5 Å². The molecule has 0 bridgehead atoms. The zero-order chi connectivity index (χ0) is 20.6. The van der Waals surface area contributed by atoms with Gasteiger partial charge in [0, 0.05) is 17.9 Å². The highest BCUT2D eigenvalue weighted by Gasteiger charge is 2.05. The third kappa shape index (κ3) is 6.10. The van der Waals surface area contributed by atoms with E-state index in [0.717, 1.165) is 22.5 Å². The lowest BCUT2D eigenvalue weighted by Gasteiger charge is -2.10. The minimum atomic E-state index is -0.957. The van der Waals surface area contributed by atoms with E-state index in [1.807, 2.05) is 49.4 Å². The number of benzene rings is 3. The molecule has 3 aromatic rings. The molecule has 1 amide bonds. The summed E-state index contributed by atoms with van der Waals surface area (Å²) in [5.74, 6) is -0.581. The second-order valence-corrected chi connectivity index (χ2v) is 6.59. The minimum Gasteiger partial charge on any atom is -0.484 e. The van der Waals surface area contributed by atoms with Crippen LogP contribution in [0.4, 0.5) is 11.4 Å². The van der Waals surface area contributed by atoms with Gasteiger partial charge in [-0.2, -0.15) is 0 Å². The number of carbonyl (C=O) groups is 2. The average molecular weight is 390 g/mol. The second-order valence-electron chi connectivity index (χ2n) is 6.59. The number of carbonyl (C=O) groups excluding carboxylic acids is 1. The summed E-state index contributed by atoms with van der Waals surface area (Å²) >= 11 is 0. The van der Waals surface area contributed by atoms with Gasteiger partial charge >= 0.3 is 5.97 Å². The van der Waals surface area contributed by atoms with Gasteiger partial charge in [-0.05, 0) is 60.5 Å². The third-order valence-electron chi connectivity index (χ3n) is 4.20. The molecule has 0 fully saturated rings. The quantitative estimate of drug-likeness (QED) is 0.533. The summed E-state index contributed by atoms with van der Waals surface area (Å²) in [4.78, 5) is 23.0. The van der Waals surface area contributed by atoms with Crippen molar-refractivity contribution in [2.24, 2.45) is 0 Å². The Labute approximate surface area is 169 Å². The summed E-state index contributed by atoms with van der Waals surface area (Å²) in [6, 6.07) is 21.6. The first-order chi connectivity index (χ1) is 14.0. The van der Waals surface area contributed by atoms with Crippen LogP contribution in [-0.2, 0) is 11.3 Å². The van der Waals surface area contributed by atoms with E-state index < -0.39 is 5.97 Å². The van der Waals surface area contributed by atoms with Crippen molar-refractivity contribution in [1.82, 2.24) is 0 Å². The van der Waals surface area contributed by atoms with Crippen LogP contribution in [0.15, 0.2) is 72.8 Å². The average Bonchev–Trinajstić information content (AvgIpc) is 2.72. The van der Waals surface area contributed by atoms with Crippen LogP contribution in [-0.4, -0.2) is 23.6 Å². The predicted molar refractivity (Wildman–Crippen MR) is 112 cm³/mol. The van der Waals surface area contributed by atoms with Crippen molar-refractivity contribution in [3.8, 4) is 5.75 Å². The van der Waals surface area contributed by atoms with E-state index in [9.17, 15) is 9.59 Å². The number of ether oxygens (including phenoxy) is 1. The SMILES string of the molecule is Cc1cccc(NC(=O)COc2ccc(CNc3cccc(C(=O)O)c3)cc2)c1. The van der Waals surface area contributed by atoms with Crippen molar-refractivity contribution in [3.63, 3.8) is 0 Å². The summed E-state index contributed by atoms with van der Waals surface area (Å²) < 4.78 is 5.53. The van der Waals surface area contributed by atoms with Crippen LogP contribution in [0, 0.1) is 6.92 Å². The van der Waals surface area contributed by atoms with Gasteiger partial charge in [-0.15, -0.1) is 0 Å². The van der Waals surface area contributed by atoms with Crippen molar-refractivity contribution in [3.05, 3.63) is 89.5 Å². The summed E-state index contributed by atoms with van der Waals surface area (Å²) in [5, 5.41) is 15.0. The fraction of sp³-hybridized carbons (Fsp3) is 0.130. The van der Waals surface area contributed by atoms with Crippen LogP contribution in [0.25, 0.3) is 0 Å². The molecule has 148 valence electrons. The second kappa shape index (κ2) is 9.41. The third-order valence-corrected chi connectivity index (χ3v) is 4.20. The first-order valence-electron chi connectivity index (χ1n) is 9.15. The topological polar surface area (TPSA) is 87.7 Å². The number of carboxylic acid groups (broad SMARTS) is 1. The molecule has 6 nitrogen and oxygen atoms in total. The lowest BCUT2D eigenvalue weighted by Crippen LogP contribution is -2.20. The first-order valence-corrected chi connectivity index (χ1v) is 9.15. The molecule has 0 atom stereocenters. The molecule has 0 unspecified atom stereocenters. The van der Waals surface area contributed by atoms with Gasteiger partial charge in [0.05, 0.1) is 5.56 Å². The standard InChI is InChI=1S/C23H22N2O4/c1-16-4-2-7-20(12-16)25-22(26)15-29-21-10-8-17(9-11-21)14-24-19-6-3-5-18(13-19)23(27)28/h2-13,24H,14-15H2,1H3,(H,25,26)(H,27,28).